The molecule has 3 rings (SSSR count). The Labute approximate surface area is 101 Å². The summed E-state index contributed by atoms with van der Waals surface area (Å²) in [6, 6.07) is 4.92. The first-order valence-electron chi connectivity index (χ1n) is 5.20. The molecule has 2 aromatic rings. The van der Waals surface area contributed by atoms with E-state index in [1.54, 1.807) is 12.1 Å². The fourth-order valence-corrected chi connectivity index (χ4v) is 2.89. The largest absolute Gasteiger partial charge is 0.459 e. The van der Waals surface area contributed by atoms with Gasteiger partial charge in [0.2, 0.25) is 0 Å². The molecule has 0 spiro atoms. The first-order valence-corrected chi connectivity index (χ1v) is 6.08. The fraction of sp³-hybridized carbons (Fsp3) is 0.167. The molecule has 1 aliphatic rings. The van der Waals surface area contributed by atoms with Gasteiger partial charge in [-0.25, -0.2) is 0 Å². The highest BCUT2D eigenvalue weighted by Gasteiger charge is 2.31. The fourth-order valence-electron chi connectivity index (χ4n) is 1.97. The van der Waals surface area contributed by atoms with E-state index >= 15 is 0 Å². The van der Waals surface area contributed by atoms with Gasteiger partial charge in [-0.15, -0.1) is 11.3 Å². The van der Waals surface area contributed by atoms with E-state index in [0.717, 1.165) is 10.4 Å². The molecule has 1 atom stereocenters. The van der Waals surface area contributed by atoms with Crippen molar-refractivity contribution in [2.45, 2.75) is 12.5 Å². The molecule has 0 aliphatic heterocycles. The summed E-state index contributed by atoms with van der Waals surface area (Å²) in [5.41, 5.74) is 0.917. The molecule has 2 aromatic heterocycles. The van der Waals surface area contributed by atoms with Gasteiger partial charge in [0.05, 0.1) is 17.2 Å². The minimum atomic E-state index is -0.285. The van der Waals surface area contributed by atoms with Crippen LogP contribution in [0.4, 0.5) is 0 Å². The van der Waals surface area contributed by atoms with Crippen LogP contribution in [0.3, 0.4) is 0 Å². The van der Waals surface area contributed by atoms with E-state index < -0.39 is 0 Å². The van der Waals surface area contributed by atoms with Gasteiger partial charge in [-0.2, -0.15) is 0 Å². The lowest BCUT2D eigenvalue weighted by atomic mass is 10.2. The third kappa shape index (κ3) is 1.68. The van der Waals surface area contributed by atoms with Gasteiger partial charge in [0, 0.05) is 6.42 Å². The van der Waals surface area contributed by atoms with Crippen molar-refractivity contribution < 1.29 is 14.0 Å². The highest BCUT2D eigenvalue weighted by Crippen LogP contribution is 2.34. The van der Waals surface area contributed by atoms with Gasteiger partial charge in [-0.3, -0.25) is 9.59 Å². The van der Waals surface area contributed by atoms with Crippen molar-refractivity contribution >= 4 is 23.0 Å². The maximum Gasteiger partial charge on any atom is 0.287 e. The van der Waals surface area contributed by atoms with Crippen molar-refractivity contribution in [2.24, 2.45) is 0 Å². The van der Waals surface area contributed by atoms with Crippen LogP contribution in [0, 0.1) is 0 Å². The molecule has 0 fully saturated rings. The summed E-state index contributed by atoms with van der Waals surface area (Å²) in [6.07, 6.45) is 1.79. The molecular weight excluding hydrogens is 238 g/mol. The summed E-state index contributed by atoms with van der Waals surface area (Å²) < 4.78 is 5.01. The summed E-state index contributed by atoms with van der Waals surface area (Å²) in [4.78, 5) is 24.2. The normalized spacial score (nSPS) is 18.1. The highest BCUT2D eigenvalue weighted by atomic mass is 32.1. The Hall–Kier alpha value is -1.88. The van der Waals surface area contributed by atoms with Crippen molar-refractivity contribution in [1.82, 2.24) is 5.32 Å². The number of amides is 1. The van der Waals surface area contributed by atoms with Gasteiger partial charge in [-0.05, 0) is 29.1 Å². The Morgan fingerprint density at radius 1 is 1.47 bits per heavy atom. The first-order chi connectivity index (χ1) is 8.25. The van der Waals surface area contributed by atoms with E-state index in [4.69, 9.17) is 4.42 Å². The van der Waals surface area contributed by atoms with Crippen LogP contribution in [0.2, 0.25) is 0 Å². The Kier molecular flexibility index (Phi) is 2.33. The monoisotopic (exact) mass is 247 g/mol. The van der Waals surface area contributed by atoms with Crippen LogP contribution in [-0.4, -0.2) is 11.7 Å². The number of rotatable bonds is 2. The molecule has 0 aromatic carbocycles. The lowest BCUT2D eigenvalue weighted by Crippen LogP contribution is -2.26. The highest BCUT2D eigenvalue weighted by molar-refractivity contribution is 7.12. The Balaban J connectivity index is 1.80. The molecule has 0 bridgehead atoms. The summed E-state index contributed by atoms with van der Waals surface area (Å²) in [7, 11) is 0. The van der Waals surface area contributed by atoms with Crippen molar-refractivity contribution in [1.29, 1.82) is 0 Å². The molecule has 1 N–H and O–H groups in total. The summed E-state index contributed by atoms with van der Waals surface area (Å²) in [6.45, 7) is 0. The first kappa shape index (κ1) is 10.3. The van der Waals surface area contributed by atoms with E-state index in [1.807, 2.05) is 11.4 Å². The molecule has 0 radical (unpaired) electrons. The second-order valence-electron chi connectivity index (χ2n) is 3.84. The number of carbonyl (C=O) groups is 2. The Bertz CT molecular complexity index is 570. The predicted molar refractivity (Wildman–Crippen MR) is 62.2 cm³/mol. The summed E-state index contributed by atoms with van der Waals surface area (Å²) in [5, 5.41) is 4.68. The zero-order valence-corrected chi connectivity index (χ0v) is 9.62. The molecule has 4 nitrogen and oxygen atoms in total. The van der Waals surface area contributed by atoms with Crippen LogP contribution >= 0.6 is 11.3 Å². The zero-order valence-electron chi connectivity index (χ0n) is 8.80. The Morgan fingerprint density at radius 2 is 2.35 bits per heavy atom. The third-order valence-electron chi connectivity index (χ3n) is 2.76. The quantitative estimate of drug-likeness (QED) is 0.886. The van der Waals surface area contributed by atoms with E-state index in [0.29, 0.717) is 6.42 Å². The van der Waals surface area contributed by atoms with Crippen LogP contribution in [0.1, 0.15) is 38.3 Å². The lowest BCUT2D eigenvalue weighted by Gasteiger charge is -2.10. The number of Topliss-reactive ketones (excluding diaryl/α,β-unsaturated/α-hetero) is 1. The van der Waals surface area contributed by atoms with E-state index in [9.17, 15) is 9.59 Å². The van der Waals surface area contributed by atoms with E-state index in [2.05, 4.69) is 5.32 Å². The number of carbonyl (C=O) groups excluding carboxylic acids is 2. The van der Waals surface area contributed by atoms with Crippen LogP contribution in [0.25, 0.3) is 0 Å². The third-order valence-corrected chi connectivity index (χ3v) is 3.74. The second-order valence-corrected chi connectivity index (χ2v) is 4.75. The minimum Gasteiger partial charge on any atom is -0.459 e. The number of fused-ring (bicyclic) bond motifs is 1. The molecule has 2 heterocycles. The molecule has 17 heavy (non-hydrogen) atoms. The SMILES string of the molecule is O=C(N[C@H]1CC(=O)c2sccc21)c1ccco1. The molecular formula is C12H9NO3S. The van der Waals surface area contributed by atoms with Crippen LogP contribution in [-0.2, 0) is 0 Å². The molecule has 0 saturated carbocycles. The molecule has 0 saturated heterocycles. The predicted octanol–water partition coefficient (Wildman–Crippen LogP) is 2.40. The van der Waals surface area contributed by atoms with Gasteiger partial charge in [-0.1, -0.05) is 0 Å². The van der Waals surface area contributed by atoms with Crippen LogP contribution in [0.15, 0.2) is 34.3 Å². The smallest absolute Gasteiger partial charge is 0.287 e. The number of nitrogens with one attached hydrogen (secondary N) is 1. The maximum absolute atomic E-state index is 11.8. The standard InChI is InChI=1S/C12H9NO3S/c14-9-6-8(7-3-5-17-11(7)9)13-12(15)10-2-1-4-16-10/h1-5,8H,6H2,(H,13,15)/t8-/m0/s1. The Morgan fingerprint density at radius 3 is 3.12 bits per heavy atom. The molecule has 1 amide bonds. The maximum atomic E-state index is 11.8. The number of thiophene rings is 1. The van der Waals surface area contributed by atoms with Gasteiger partial charge >= 0.3 is 0 Å². The van der Waals surface area contributed by atoms with Crippen molar-refractivity contribution in [3.63, 3.8) is 0 Å². The molecule has 86 valence electrons. The molecule has 0 unspecified atom stereocenters. The minimum absolute atomic E-state index is 0.0970. The second kappa shape index (κ2) is 3.85. The molecule has 5 heteroatoms. The van der Waals surface area contributed by atoms with Gasteiger partial charge in [0.1, 0.15) is 0 Å². The van der Waals surface area contributed by atoms with Crippen molar-refractivity contribution in [2.75, 3.05) is 0 Å². The topological polar surface area (TPSA) is 59.3 Å². The summed E-state index contributed by atoms with van der Waals surface area (Å²) >= 11 is 1.42. The van der Waals surface area contributed by atoms with Crippen LogP contribution < -0.4 is 5.32 Å². The van der Waals surface area contributed by atoms with Gasteiger partial charge in [0.15, 0.2) is 11.5 Å². The van der Waals surface area contributed by atoms with Gasteiger partial charge in [0.25, 0.3) is 5.91 Å². The zero-order chi connectivity index (χ0) is 11.8. The lowest BCUT2D eigenvalue weighted by molar-refractivity contribution is 0.0901. The van der Waals surface area contributed by atoms with Gasteiger partial charge < -0.3 is 9.73 Å². The number of hydrogen-bond acceptors (Lipinski definition) is 4. The number of hydrogen-bond donors (Lipinski definition) is 1. The average molecular weight is 247 g/mol. The van der Waals surface area contributed by atoms with Crippen LogP contribution in [0.5, 0.6) is 0 Å². The average Bonchev–Trinajstić information content (AvgIpc) is 3.00. The number of ketones is 1. The van der Waals surface area contributed by atoms with E-state index in [1.165, 1.54) is 17.6 Å². The van der Waals surface area contributed by atoms with Crippen molar-refractivity contribution in [3.8, 4) is 0 Å². The number of furan rings is 1. The van der Waals surface area contributed by atoms with E-state index in [-0.39, 0.29) is 23.5 Å². The van der Waals surface area contributed by atoms with Crippen molar-refractivity contribution in [3.05, 3.63) is 46.0 Å². The molecule has 1 aliphatic carbocycles. The summed E-state index contributed by atoms with van der Waals surface area (Å²) in [5.74, 6) is 0.0766.